The van der Waals surface area contributed by atoms with Gasteiger partial charge in [0.2, 0.25) is 0 Å². The lowest BCUT2D eigenvalue weighted by Crippen LogP contribution is -2.37. The summed E-state index contributed by atoms with van der Waals surface area (Å²) in [6.45, 7) is 7.10. The van der Waals surface area contributed by atoms with E-state index in [0.717, 1.165) is 24.3 Å². The summed E-state index contributed by atoms with van der Waals surface area (Å²) in [6, 6.07) is 20.0. The van der Waals surface area contributed by atoms with Crippen LogP contribution in [0.15, 0.2) is 54.6 Å². The summed E-state index contributed by atoms with van der Waals surface area (Å²) < 4.78 is 6.24. The monoisotopic (exact) mass is 372 g/mol. The lowest BCUT2D eigenvalue weighted by atomic mass is 9.92. The fourth-order valence-corrected chi connectivity index (χ4v) is 4.45. The maximum atomic E-state index is 9.60. The van der Waals surface area contributed by atoms with Crippen molar-refractivity contribution in [3.63, 3.8) is 0 Å². The number of para-hydroxylation sites is 1. The Hall–Kier alpha value is -2.57. The molecule has 2 atom stereocenters. The van der Waals surface area contributed by atoms with Crippen molar-refractivity contribution in [3.8, 4) is 11.8 Å². The standard InChI is InChI=1S/C25H28N2O/c1-25(2,3)28-24-19(16-26)10-7-11-23(24)20-14-21-12-13-22(15-20)27(21)17-18-8-5-4-6-9-18/h4-11,14,21-22H,12-13,15,17H2,1-3H3. The Labute approximate surface area is 168 Å². The fraction of sp³-hybridized carbons (Fsp3) is 0.400. The summed E-state index contributed by atoms with van der Waals surface area (Å²) in [5, 5.41) is 9.60. The van der Waals surface area contributed by atoms with Crippen LogP contribution in [0.3, 0.4) is 0 Å². The van der Waals surface area contributed by atoms with Crippen LogP contribution in [0.2, 0.25) is 0 Å². The van der Waals surface area contributed by atoms with E-state index in [1.54, 1.807) is 0 Å². The SMILES string of the molecule is CC(C)(C)Oc1c(C#N)cccc1C1=CC2CCC(C1)N2Cc1ccccc1. The third kappa shape index (κ3) is 3.84. The van der Waals surface area contributed by atoms with E-state index in [0.29, 0.717) is 17.6 Å². The summed E-state index contributed by atoms with van der Waals surface area (Å²) in [5.74, 6) is 0.736. The van der Waals surface area contributed by atoms with E-state index in [9.17, 15) is 5.26 Å². The van der Waals surface area contributed by atoms with Gasteiger partial charge < -0.3 is 4.74 Å². The van der Waals surface area contributed by atoms with Gasteiger partial charge in [0.1, 0.15) is 17.4 Å². The molecule has 2 heterocycles. The molecule has 0 radical (unpaired) electrons. The highest BCUT2D eigenvalue weighted by Crippen LogP contribution is 2.43. The molecule has 2 aliphatic heterocycles. The average molecular weight is 373 g/mol. The van der Waals surface area contributed by atoms with Gasteiger partial charge in [0.05, 0.1) is 5.56 Å². The van der Waals surface area contributed by atoms with Gasteiger partial charge in [0.15, 0.2) is 0 Å². The van der Waals surface area contributed by atoms with Crippen molar-refractivity contribution in [2.24, 2.45) is 0 Å². The molecule has 4 rings (SSSR count). The Morgan fingerprint density at radius 2 is 1.86 bits per heavy atom. The molecule has 0 saturated carbocycles. The Bertz CT molecular complexity index is 918. The third-order valence-electron chi connectivity index (χ3n) is 5.64. The van der Waals surface area contributed by atoms with E-state index >= 15 is 0 Å². The van der Waals surface area contributed by atoms with E-state index in [2.05, 4.69) is 53.4 Å². The molecular formula is C25H28N2O. The molecule has 0 spiro atoms. The van der Waals surface area contributed by atoms with Crippen LogP contribution < -0.4 is 4.74 Å². The number of nitrogens with zero attached hydrogens (tertiary/aromatic N) is 2. The fourth-order valence-electron chi connectivity index (χ4n) is 4.45. The van der Waals surface area contributed by atoms with Crippen LogP contribution in [0.25, 0.3) is 5.57 Å². The van der Waals surface area contributed by atoms with E-state index in [1.165, 1.54) is 24.0 Å². The van der Waals surface area contributed by atoms with Gasteiger partial charge in [-0.3, -0.25) is 4.90 Å². The van der Waals surface area contributed by atoms with Crippen LogP contribution in [0, 0.1) is 11.3 Å². The van der Waals surface area contributed by atoms with Crippen LogP contribution in [-0.4, -0.2) is 22.6 Å². The summed E-state index contributed by atoms with van der Waals surface area (Å²) in [5.41, 5.74) is 4.07. The molecule has 3 heteroatoms. The minimum Gasteiger partial charge on any atom is -0.486 e. The first-order valence-corrected chi connectivity index (χ1v) is 10.2. The molecule has 0 aromatic heterocycles. The Morgan fingerprint density at radius 1 is 1.07 bits per heavy atom. The molecule has 2 unspecified atom stereocenters. The average Bonchev–Trinajstić information content (AvgIpc) is 2.89. The zero-order valence-electron chi connectivity index (χ0n) is 17.0. The predicted molar refractivity (Wildman–Crippen MR) is 113 cm³/mol. The molecule has 0 amide bonds. The van der Waals surface area contributed by atoms with Gasteiger partial charge in [-0.15, -0.1) is 0 Å². The zero-order chi connectivity index (χ0) is 19.7. The predicted octanol–water partition coefficient (Wildman–Crippen LogP) is 5.56. The van der Waals surface area contributed by atoms with Gasteiger partial charge in [-0.25, -0.2) is 0 Å². The second kappa shape index (κ2) is 7.45. The van der Waals surface area contributed by atoms with Crippen molar-refractivity contribution >= 4 is 5.57 Å². The van der Waals surface area contributed by atoms with Gasteiger partial charge in [-0.05, 0) is 57.2 Å². The summed E-state index contributed by atoms with van der Waals surface area (Å²) in [7, 11) is 0. The molecule has 2 bridgehead atoms. The first-order chi connectivity index (χ1) is 13.4. The normalized spacial score (nSPS) is 21.9. The van der Waals surface area contributed by atoms with Crippen molar-refractivity contribution < 1.29 is 4.74 Å². The maximum Gasteiger partial charge on any atom is 0.145 e. The number of rotatable bonds is 4. The minimum absolute atomic E-state index is 0.338. The van der Waals surface area contributed by atoms with Crippen LogP contribution in [-0.2, 0) is 6.54 Å². The van der Waals surface area contributed by atoms with E-state index in [-0.39, 0.29) is 5.60 Å². The highest BCUT2D eigenvalue weighted by atomic mass is 16.5. The van der Waals surface area contributed by atoms with Gasteiger partial charge in [0.25, 0.3) is 0 Å². The molecule has 1 saturated heterocycles. The smallest absolute Gasteiger partial charge is 0.145 e. The van der Waals surface area contributed by atoms with Crippen molar-refractivity contribution in [3.05, 3.63) is 71.3 Å². The van der Waals surface area contributed by atoms with Gasteiger partial charge in [-0.2, -0.15) is 5.26 Å². The Kier molecular flexibility index (Phi) is 5.00. The first-order valence-electron chi connectivity index (χ1n) is 10.2. The van der Waals surface area contributed by atoms with Crippen LogP contribution in [0.4, 0.5) is 0 Å². The maximum absolute atomic E-state index is 9.60. The summed E-state index contributed by atoms with van der Waals surface area (Å²) in [6.07, 6.45) is 5.86. The first kappa shape index (κ1) is 18.8. The van der Waals surface area contributed by atoms with Gasteiger partial charge in [0, 0.05) is 24.2 Å². The quantitative estimate of drug-likeness (QED) is 0.705. The van der Waals surface area contributed by atoms with Crippen molar-refractivity contribution in [1.29, 1.82) is 5.26 Å². The number of benzene rings is 2. The van der Waals surface area contributed by atoms with Crippen LogP contribution >= 0.6 is 0 Å². The molecule has 144 valence electrons. The third-order valence-corrected chi connectivity index (χ3v) is 5.64. The molecule has 1 fully saturated rings. The molecule has 0 N–H and O–H groups in total. The van der Waals surface area contributed by atoms with E-state index < -0.39 is 0 Å². The largest absolute Gasteiger partial charge is 0.486 e. The van der Waals surface area contributed by atoms with Gasteiger partial charge >= 0.3 is 0 Å². The lowest BCUT2D eigenvalue weighted by Gasteiger charge is -2.35. The van der Waals surface area contributed by atoms with E-state index in [1.807, 2.05) is 32.9 Å². The highest BCUT2D eigenvalue weighted by Gasteiger charge is 2.37. The van der Waals surface area contributed by atoms with Crippen LogP contribution in [0.1, 0.15) is 56.7 Å². The van der Waals surface area contributed by atoms with Crippen molar-refractivity contribution in [2.75, 3.05) is 0 Å². The lowest BCUT2D eigenvalue weighted by molar-refractivity contribution is 0.130. The zero-order valence-corrected chi connectivity index (χ0v) is 17.0. The number of ether oxygens (including phenoxy) is 1. The summed E-state index contributed by atoms with van der Waals surface area (Å²) >= 11 is 0. The number of hydrogen-bond donors (Lipinski definition) is 0. The highest BCUT2D eigenvalue weighted by molar-refractivity contribution is 5.75. The topological polar surface area (TPSA) is 36.3 Å². The molecule has 2 aromatic rings. The molecule has 28 heavy (non-hydrogen) atoms. The van der Waals surface area contributed by atoms with Crippen molar-refractivity contribution in [2.45, 2.75) is 64.3 Å². The number of fused-ring (bicyclic) bond motifs is 2. The van der Waals surface area contributed by atoms with Crippen LogP contribution in [0.5, 0.6) is 5.75 Å². The van der Waals surface area contributed by atoms with Crippen molar-refractivity contribution in [1.82, 2.24) is 4.90 Å². The molecule has 2 aromatic carbocycles. The number of hydrogen-bond acceptors (Lipinski definition) is 3. The second-order valence-corrected chi connectivity index (χ2v) is 8.86. The second-order valence-electron chi connectivity index (χ2n) is 8.86. The number of nitriles is 1. The minimum atomic E-state index is -0.338. The molecular weight excluding hydrogens is 344 g/mol. The summed E-state index contributed by atoms with van der Waals surface area (Å²) in [4.78, 5) is 2.64. The Balaban J connectivity index is 1.65. The van der Waals surface area contributed by atoms with Gasteiger partial charge in [-0.1, -0.05) is 48.5 Å². The molecule has 0 aliphatic carbocycles. The molecule has 3 nitrogen and oxygen atoms in total. The molecule has 2 aliphatic rings. The Morgan fingerprint density at radius 3 is 2.54 bits per heavy atom. The van der Waals surface area contributed by atoms with E-state index in [4.69, 9.17) is 4.74 Å².